The second-order valence-corrected chi connectivity index (χ2v) is 7.48. The van der Waals surface area contributed by atoms with E-state index in [0.29, 0.717) is 11.5 Å². The van der Waals surface area contributed by atoms with Crippen LogP contribution in [0.15, 0.2) is 34.9 Å². The number of likely N-dealkylation sites (tertiary alicyclic amines) is 1. The molecule has 0 saturated carbocycles. The van der Waals surface area contributed by atoms with Gasteiger partial charge in [0.2, 0.25) is 0 Å². The Balaban J connectivity index is 1.63. The van der Waals surface area contributed by atoms with Crippen LogP contribution >= 0.6 is 0 Å². The molecule has 0 bridgehead atoms. The van der Waals surface area contributed by atoms with Crippen LogP contribution in [0.2, 0.25) is 0 Å². The maximum atomic E-state index is 12.6. The molecule has 1 fully saturated rings. The highest BCUT2D eigenvalue weighted by molar-refractivity contribution is 5.93. The van der Waals surface area contributed by atoms with E-state index in [1.54, 1.807) is 13.2 Å². The fraction of sp³-hybridized carbons (Fsp3) is 0.500. The summed E-state index contributed by atoms with van der Waals surface area (Å²) in [5.74, 6) is 1.12. The standard InChI is InChI=1S/C20H27N3O3/c1-20(2,14-23-11-5-4-6-12-23)21-19(24)17-13-18(26-22-17)15-7-9-16(25-3)10-8-15/h7-10,13H,4-6,11-12,14H2,1-3H3,(H,21,24). The van der Waals surface area contributed by atoms with Crippen molar-refractivity contribution in [3.63, 3.8) is 0 Å². The van der Waals surface area contributed by atoms with Gasteiger partial charge in [0, 0.05) is 23.7 Å². The van der Waals surface area contributed by atoms with Crippen molar-refractivity contribution in [3.05, 3.63) is 36.0 Å². The predicted octanol–water partition coefficient (Wildman–Crippen LogP) is 3.34. The highest BCUT2D eigenvalue weighted by Gasteiger charge is 2.26. The van der Waals surface area contributed by atoms with E-state index in [1.807, 2.05) is 38.1 Å². The average Bonchev–Trinajstić information content (AvgIpc) is 3.12. The van der Waals surface area contributed by atoms with E-state index in [9.17, 15) is 4.79 Å². The second-order valence-electron chi connectivity index (χ2n) is 7.48. The largest absolute Gasteiger partial charge is 0.497 e. The number of rotatable bonds is 6. The molecule has 26 heavy (non-hydrogen) atoms. The number of hydrogen-bond acceptors (Lipinski definition) is 5. The van der Waals surface area contributed by atoms with Crippen LogP contribution in [0.5, 0.6) is 5.75 Å². The Hall–Kier alpha value is -2.34. The second kappa shape index (κ2) is 7.91. The zero-order chi connectivity index (χ0) is 18.6. The van der Waals surface area contributed by atoms with Crippen LogP contribution in [0.4, 0.5) is 0 Å². The molecule has 1 aromatic heterocycles. The van der Waals surface area contributed by atoms with Gasteiger partial charge in [0.15, 0.2) is 11.5 Å². The minimum absolute atomic E-state index is 0.212. The highest BCUT2D eigenvalue weighted by atomic mass is 16.5. The first kappa shape index (κ1) is 18.5. The number of methoxy groups -OCH3 is 1. The van der Waals surface area contributed by atoms with Gasteiger partial charge in [-0.1, -0.05) is 11.6 Å². The number of piperidine rings is 1. The van der Waals surface area contributed by atoms with E-state index in [-0.39, 0.29) is 11.4 Å². The van der Waals surface area contributed by atoms with Crippen LogP contribution in [-0.4, -0.2) is 48.2 Å². The van der Waals surface area contributed by atoms with Gasteiger partial charge in [-0.3, -0.25) is 4.79 Å². The van der Waals surface area contributed by atoms with E-state index >= 15 is 0 Å². The number of carbonyl (C=O) groups is 1. The third-order valence-electron chi connectivity index (χ3n) is 4.64. The van der Waals surface area contributed by atoms with Crippen molar-refractivity contribution in [1.82, 2.24) is 15.4 Å². The van der Waals surface area contributed by atoms with Crippen molar-refractivity contribution in [1.29, 1.82) is 0 Å². The molecule has 6 heteroatoms. The number of aromatic nitrogens is 1. The molecule has 1 aromatic carbocycles. The van der Waals surface area contributed by atoms with Crippen LogP contribution < -0.4 is 10.1 Å². The van der Waals surface area contributed by atoms with Crippen LogP contribution in [0.3, 0.4) is 0 Å². The van der Waals surface area contributed by atoms with Crippen molar-refractivity contribution < 1.29 is 14.1 Å². The van der Waals surface area contributed by atoms with Gasteiger partial charge in [0.1, 0.15) is 5.75 Å². The lowest BCUT2D eigenvalue weighted by Crippen LogP contribution is -2.52. The molecule has 1 N–H and O–H groups in total. The molecular formula is C20H27N3O3. The summed E-state index contributed by atoms with van der Waals surface area (Å²) in [5, 5.41) is 7.01. The van der Waals surface area contributed by atoms with Crippen molar-refractivity contribution >= 4 is 5.91 Å². The molecule has 1 saturated heterocycles. The summed E-state index contributed by atoms with van der Waals surface area (Å²) in [6.45, 7) is 7.13. The molecule has 0 spiro atoms. The van der Waals surface area contributed by atoms with E-state index in [2.05, 4.69) is 15.4 Å². The van der Waals surface area contributed by atoms with E-state index < -0.39 is 0 Å². The molecule has 1 aliphatic rings. The first-order valence-corrected chi connectivity index (χ1v) is 9.13. The maximum absolute atomic E-state index is 12.6. The molecule has 3 rings (SSSR count). The molecule has 0 unspecified atom stereocenters. The zero-order valence-electron chi connectivity index (χ0n) is 15.7. The van der Waals surface area contributed by atoms with Gasteiger partial charge in [0.05, 0.1) is 7.11 Å². The minimum Gasteiger partial charge on any atom is -0.497 e. The van der Waals surface area contributed by atoms with E-state index in [1.165, 1.54) is 19.3 Å². The lowest BCUT2D eigenvalue weighted by atomic mass is 10.0. The molecule has 0 aliphatic carbocycles. The van der Waals surface area contributed by atoms with Crippen molar-refractivity contribution in [3.8, 4) is 17.1 Å². The first-order valence-electron chi connectivity index (χ1n) is 9.13. The number of nitrogens with zero attached hydrogens (tertiary/aromatic N) is 2. The Labute approximate surface area is 154 Å². The van der Waals surface area contributed by atoms with Crippen LogP contribution in [0, 0.1) is 0 Å². The Morgan fingerprint density at radius 2 is 1.92 bits per heavy atom. The molecule has 2 aromatic rings. The molecule has 1 amide bonds. The first-order chi connectivity index (χ1) is 12.5. The van der Waals surface area contributed by atoms with Crippen LogP contribution in [0.25, 0.3) is 11.3 Å². The molecule has 140 valence electrons. The van der Waals surface area contributed by atoms with Gasteiger partial charge in [0.25, 0.3) is 5.91 Å². The highest BCUT2D eigenvalue weighted by Crippen LogP contribution is 2.23. The number of hydrogen-bond donors (Lipinski definition) is 1. The van der Waals surface area contributed by atoms with Crippen LogP contribution in [0.1, 0.15) is 43.6 Å². The Bertz CT molecular complexity index is 731. The fourth-order valence-corrected chi connectivity index (χ4v) is 3.36. The number of nitrogens with one attached hydrogen (secondary N) is 1. The third-order valence-corrected chi connectivity index (χ3v) is 4.64. The smallest absolute Gasteiger partial charge is 0.273 e. The molecule has 0 radical (unpaired) electrons. The van der Waals surface area contributed by atoms with E-state index in [0.717, 1.165) is 30.9 Å². The monoisotopic (exact) mass is 357 g/mol. The van der Waals surface area contributed by atoms with Gasteiger partial charge < -0.3 is 19.5 Å². The summed E-state index contributed by atoms with van der Waals surface area (Å²) in [4.78, 5) is 15.0. The average molecular weight is 357 g/mol. The fourth-order valence-electron chi connectivity index (χ4n) is 3.36. The topological polar surface area (TPSA) is 67.6 Å². The predicted molar refractivity (Wildman–Crippen MR) is 100 cm³/mol. The quantitative estimate of drug-likeness (QED) is 0.859. The molecule has 0 atom stereocenters. The van der Waals surface area contributed by atoms with Gasteiger partial charge in [-0.2, -0.15) is 0 Å². The molecule has 1 aliphatic heterocycles. The number of ether oxygens (including phenoxy) is 1. The Morgan fingerprint density at radius 1 is 1.23 bits per heavy atom. The number of carbonyl (C=O) groups excluding carboxylic acids is 1. The van der Waals surface area contributed by atoms with Crippen LogP contribution in [-0.2, 0) is 0 Å². The van der Waals surface area contributed by atoms with Gasteiger partial charge in [-0.05, 0) is 64.0 Å². The summed E-state index contributed by atoms with van der Waals surface area (Å²) < 4.78 is 10.5. The number of amides is 1. The molecule has 6 nitrogen and oxygen atoms in total. The number of benzene rings is 1. The van der Waals surface area contributed by atoms with E-state index in [4.69, 9.17) is 9.26 Å². The molecular weight excluding hydrogens is 330 g/mol. The zero-order valence-corrected chi connectivity index (χ0v) is 15.7. The summed E-state index contributed by atoms with van der Waals surface area (Å²) in [5.41, 5.74) is 0.820. The van der Waals surface area contributed by atoms with Crippen molar-refractivity contribution in [2.24, 2.45) is 0 Å². The lowest BCUT2D eigenvalue weighted by molar-refractivity contribution is 0.0869. The van der Waals surface area contributed by atoms with Crippen molar-refractivity contribution in [2.45, 2.75) is 38.6 Å². The normalized spacial score (nSPS) is 15.7. The Morgan fingerprint density at radius 3 is 2.58 bits per heavy atom. The lowest BCUT2D eigenvalue weighted by Gasteiger charge is -2.35. The third kappa shape index (κ3) is 4.64. The van der Waals surface area contributed by atoms with Gasteiger partial charge in [-0.25, -0.2) is 0 Å². The minimum atomic E-state index is -0.326. The maximum Gasteiger partial charge on any atom is 0.273 e. The SMILES string of the molecule is COc1ccc(-c2cc(C(=O)NC(C)(C)CN3CCCCC3)no2)cc1. The summed E-state index contributed by atoms with van der Waals surface area (Å²) in [7, 11) is 1.62. The summed E-state index contributed by atoms with van der Waals surface area (Å²) in [6.07, 6.45) is 3.77. The van der Waals surface area contributed by atoms with Gasteiger partial charge in [-0.15, -0.1) is 0 Å². The Kier molecular flexibility index (Phi) is 5.61. The molecule has 2 heterocycles. The summed E-state index contributed by atoms with van der Waals surface area (Å²) >= 11 is 0. The van der Waals surface area contributed by atoms with Crippen molar-refractivity contribution in [2.75, 3.05) is 26.7 Å². The summed E-state index contributed by atoms with van der Waals surface area (Å²) in [6, 6.07) is 9.12. The van der Waals surface area contributed by atoms with Gasteiger partial charge >= 0.3 is 0 Å².